The lowest BCUT2D eigenvalue weighted by Crippen LogP contribution is -2.22. The Bertz CT molecular complexity index is 1250. The highest BCUT2D eigenvalue weighted by atomic mass is 32.1. The summed E-state index contributed by atoms with van der Waals surface area (Å²) in [6, 6.07) is 5.36. The maximum absolute atomic E-state index is 13.1. The molecule has 0 fully saturated rings. The average molecular weight is 399 g/mol. The molecule has 146 valence electrons. The molecule has 0 bridgehead atoms. The number of anilines is 1. The number of fused-ring (bicyclic) bond motifs is 1. The van der Waals surface area contributed by atoms with Crippen LogP contribution < -0.4 is 16.7 Å². The van der Waals surface area contributed by atoms with E-state index in [2.05, 4.69) is 11.6 Å². The normalized spacial score (nSPS) is 11.2. The van der Waals surface area contributed by atoms with Gasteiger partial charge in [-0.15, -0.1) is 6.58 Å². The third-order valence-corrected chi connectivity index (χ3v) is 4.96. The Morgan fingerprint density at radius 3 is 2.71 bits per heavy atom. The van der Waals surface area contributed by atoms with E-state index in [-0.39, 0.29) is 52.0 Å². The van der Waals surface area contributed by atoms with Gasteiger partial charge in [-0.05, 0) is 35.8 Å². The van der Waals surface area contributed by atoms with E-state index in [4.69, 9.17) is 22.4 Å². The van der Waals surface area contributed by atoms with Gasteiger partial charge in [-0.25, -0.2) is 0 Å². The topological polar surface area (TPSA) is 114 Å². The van der Waals surface area contributed by atoms with Gasteiger partial charge < -0.3 is 15.3 Å². The van der Waals surface area contributed by atoms with Crippen molar-refractivity contribution in [3.63, 3.8) is 0 Å². The third-order valence-electron chi connectivity index (χ3n) is 4.64. The number of aromatic hydroxyl groups is 1. The van der Waals surface area contributed by atoms with Crippen LogP contribution in [0.25, 0.3) is 11.0 Å². The van der Waals surface area contributed by atoms with Gasteiger partial charge in [-0.3, -0.25) is 19.1 Å². The van der Waals surface area contributed by atoms with Crippen molar-refractivity contribution >= 4 is 29.1 Å². The van der Waals surface area contributed by atoms with Crippen LogP contribution in [0, 0.1) is 4.77 Å². The fourth-order valence-corrected chi connectivity index (χ4v) is 3.28. The fourth-order valence-electron chi connectivity index (χ4n) is 3.03. The van der Waals surface area contributed by atoms with Gasteiger partial charge in [0.25, 0.3) is 5.56 Å². The maximum atomic E-state index is 13.1. The zero-order valence-corrected chi connectivity index (χ0v) is 16.4. The van der Waals surface area contributed by atoms with E-state index >= 15 is 0 Å². The van der Waals surface area contributed by atoms with Crippen molar-refractivity contribution in [3.8, 4) is 5.88 Å². The Morgan fingerprint density at radius 2 is 2.07 bits per heavy atom. The van der Waals surface area contributed by atoms with Gasteiger partial charge in [-0.2, -0.15) is 0 Å². The minimum atomic E-state index is -0.586. The molecule has 3 rings (SSSR count). The van der Waals surface area contributed by atoms with E-state index in [9.17, 15) is 14.7 Å². The first-order chi connectivity index (χ1) is 13.2. The molecule has 0 aliphatic rings. The van der Waals surface area contributed by atoms with Gasteiger partial charge in [-0.1, -0.05) is 26.0 Å². The molecule has 0 unspecified atom stereocenters. The van der Waals surface area contributed by atoms with Crippen LogP contribution in [0.2, 0.25) is 0 Å². The van der Waals surface area contributed by atoms with E-state index in [0.717, 1.165) is 5.56 Å². The van der Waals surface area contributed by atoms with Crippen molar-refractivity contribution in [3.05, 3.63) is 72.9 Å². The summed E-state index contributed by atoms with van der Waals surface area (Å²) in [4.78, 5) is 27.9. The molecule has 3 aromatic rings. The number of benzene rings is 1. The van der Waals surface area contributed by atoms with Gasteiger partial charge in [0.15, 0.2) is 16.1 Å². The van der Waals surface area contributed by atoms with E-state index in [1.165, 1.54) is 10.6 Å². The molecular weight excluding hydrogens is 378 g/mol. The summed E-state index contributed by atoms with van der Waals surface area (Å²) in [6.07, 6.45) is 1.34. The first kappa shape index (κ1) is 19.6. The standard InChI is InChI=1S/C20H21N3O4S/c1-4-7-23-19(26)14(18(25)22-20(23)28)9-13-16(24)12-8-11(10(2)3)5-6-15(12)27-17(13)21/h4-6,8,10,26H,1,7,9,21H2,2-3H3,(H,22,25,28). The predicted octanol–water partition coefficient (Wildman–Crippen LogP) is 3.20. The van der Waals surface area contributed by atoms with Gasteiger partial charge in [0.05, 0.1) is 16.5 Å². The average Bonchev–Trinajstić information content (AvgIpc) is 2.64. The van der Waals surface area contributed by atoms with Gasteiger partial charge in [0.1, 0.15) is 5.58 Å². The Kier molecular flexibility index (Phi) is 5.24. The van der Waals surface area contributed by atoms with Crippen LogP contribution in [0.3, 0.4) is 0 Å². The Morgan fingerprint density at radius 1 is 1.36 bits per heavy atom. The molecule has 7 nitrogen and oxygen atoms in total. The van der Waals surface area contributed by atoms with E-state index < -0.39 is 5.56 Å². The number of hydrogen-bond acceptors (Lipinski definition) is 6. The van der Waals surface area contributed by atoms with E-state index in [0.29, 0.717) is 11.0 Å². The van der Waals surface area contributed by atoms with Crippen molar-refractivity contribution in [1.29, 1.82) is 0 Å². The summed E-state index contributed by atoms with van der Waals surface area (Å²) in [6.45, 7) is 7.85. The lowest BCUT2D eigenvalue weighted by Gasteiger charge is -2.12. The van der Waals surface area contributed by atoms with Crippen molar-refractivity contribution in [2.24, 2.45) is 0 Å². The van der Waals surface area contributed by atoms with Gasteiger partial charge >= 0.3 is 0 Å². The quantitative estimate of drug-likeness (QED) is 0.448. The molecule has 4 N–H and O–H groups in total. The minimum Gasteiger partial charge on any atom is -0.494 e. The molecule has 0 aliphatic heterocycles. The van der Waals surface area contributed by atoms with Crippen LogP contribution in [0.5, 0.6) is 5.88 Å². The van der Waals surface area contributed by atoms with Gasteiger partial charge in [0.2, 0.25) is 5.88 Å². The fraction of sp³-hybridized carbons (Fsp3) is 0.250. The number of nitrogen functional groups attached to an aromatic ring is 1. The lowest BCUT2D eigenvalue weighted by atomic mass is 9.99. The molecule has 0 amide bonds. The van der Waals surface area contributed by atoms with Crippen LogP contribution >= 0.6 is 12.2 Å². The number of nitrogens with one attached hydrogen (secondary N) is 1. The van der Waals surface area contributed by atoms with Gasteiger partial charge in [0, 0.05) is 13.0 Å². The SMILES string of the molecule is C=CCn1c(O)c(Cc2c(N)oc3ccc(C(C)C)cc3c2=O)c(=O)[nH]c1=S. The Labute approximate surface area is 165 Å². The first-order valence-corrected chi connectivity index (χ1v) is 9.16. The number of aromatic nitrogens is 2. The van der Waals surface area contributed by atoms with E-state index in [1.54, 1.807) is 12.1 Å². The number of nitrogens with zero attached hydrogens (tertiary/aromatic N) is 1. The molecule has 0 saturated heterocycles. The molecule has 2 aromatic heterocycles. The van der Waals surface area contributed by atoms with Crippen molar-refractivity contribution in [2.75, 3.05) is 5.73 Å². The van der Waals surface area contributed by atoms with E-state index in [1.807, 2.05) is 19.9 Å². The smallest absolute Gasteiger partial charge is 0.259 e. The zero-order chi connectivity index (χ0) is 20.6. The van der Waals surface area contributed by atoms with Crippen LogP contribution in [0.1, 0.15) is 36.5 Å². The summed E-state index contributed by atoms with van der Waals surface area (Å²) in [5, 5.41) is 10.9. The highest BCUT2D eigenvalue weighted by molar-refractivity contribution is 7.71. The highest BCUT2D eigenvalue weighted by Gasteiger charge is 2.19. The van der Waals surface area contributed by atoms with Crippen LogP contribution in [-0.2, 0) is 13.0 Å². The first-order valence-electron chi connectivity index (χ1n) is 8.75. The molecule has 1 aromatic carbocycles. The van der Waals surface area contributed by atoms with Crippen LogP contribution in [-0.4, -0.2) is 14.7 Å². The highest BCUT2D eigenvalue weighted by Crippen LogP contribution is 2.25. The molecule has 0 saturated carbocycles. The molecule has 0 aliphatic carbocycles. The number of allylic oxidation sites excluding steroid dienone is 1. The summed E-state index contributed by atoms with van der Waals surface area (Å²) < 4.78 is 6.98. The summed E-state index contributed by atoms with van der Waals surface area (Å²) >= 11 is 5.06. The number of aromatic amines is 1. The second-order valence-electron chi connectivity index (χ2n) is 6.82. The van der Waals surface area contributed by atoms with Crippen LogP contribution in [0.4, 0.5) is 5.88 Å². The number of nitrogens with two attached hydrogens (primary N) is 1. The van der Waals surface area contributed by atoms with Crippen LogP contribution in [0.15, 0.2) is 44.9 Å². The molecule has 2 heterocycles. The number of H-pyrrole nitrogens is 1. The maximum Gasteiger partial charge on any atom is 0.259 e. The monoisotopic (exact) mass is 399 g/mol. The molecule has 28 heavy (non-hydrogen) atoms. The molecule has 0 radical (unpaired) electrons. The largest absolute Gasteiger partial charge is 0.494 e. The molecule has 8 heteroatoms. The summed E-state index contributed by atoms with van der Waals surface area (Å²) in [5.41, 5.74) is 6.48. The van der Waals surface area contributed by atoms with Crippen molar-refractivity contribution in [1.82, 2.24) is 9.55 Å². The second kappa shape index (κ2) is 7.47. The Hall–Kier alpha value is -3.13. The Balaban J connectivity index is 2.22. The second-order valence-corrected chi connectivity index (χ2v) is 7.21. The van der Waals surface area contributed by atoms with Crippen molar-refractivity contribution in [2.45, 2.75) is 32.7 Å². The lowest BCUT2D eigenvalue weighted by molar-refractivity contribution is 0.407. The number of rotatable bonds is 5. The predicted molar refractivity (Wildman–Crippen MR) is 112 cm³/mol. The number of hydrogen-bond donors (Lipinski definition) is 3. The molecule has 0 atom stereocenters. The summed E-state index contributed by atoms with van der Waals surface area (Å²) in [7, 11) is 0. The minimum absolute atomic E-state index is 0.0196. The third kappa shape index (κ3) is 3.38. The zero-order valence-electron chi connectivity index (χ0n) is 15.6. The molecular formula is C20H21N3O4S. The summed E-state index contributed by atoms with van der Waals surface area (Å²) in [5.74, 6) is -0.191. The molecule has 0 spiro atoms. The van der Waals surface area contributed by atoms with Crippen molar-refractivity contribution < 1.29 is 9.52 Å².